The highest BCUT2D eigenvalue weighted by Gasteiger charge is 2.10. The van der Waals surface area contributed by atoms with Crippen molar-refractivity contribution >= 4 is 22.4 Å². The van der Waals surface area contributed by atoms with Gasteiger partial charge < -0.3 is 15.6 Å². The van der Waals surface area contributed by atoms with Gasteiger partial charge in [0.25, 0.3) is 5.91 Å². The lowest BCUT2D eigenvalue weighted by Crippen LogP contribution is -2.26. The van der Waals surface area contributed by atoms with Crippen LogP contribution >= 0.6 is 11.3 Å². The van der Waals surface area contributed by atoms with E-state index in [-0.39, 0.29) is 10.9 Å². The molecule has 7 nitrogen and oxygen atoms in total. The maximum absolute atomic E-state index is 11.6. The van der Waals surface area contributed by atoms with Gasteiger partial charge in [-0.1, -0.05) is 11.3 Å². The number of imidazole rings is 1. The van der Waals surface area contributed by atoms with Crippen LogP contribution in [0.2, 0.25) is 0 Å². The first-order valence-corrected chi connectivity index (χ1v) is 5.82. The molecule has 0 unspecified atom stereocenters. The highest BCUT2D eigenvalue weighted by molar-refractivity contribution is 7.16. The zero-order valence-corrected chi connectivity index (χ0v) is 10.1. The highest BCUT2D eigenvalue weighted by atomic mass is 32.1. The molecule has 2 rings (SSSR count). The molecule has 17 heavy (non-hydrogen) atoms. The molecule has 8 heteroatoms. The van der Waals surface area contributed by atoms with Crippen molar-refractivity contribution in [2.75, 3.05) is 12.3 Å². The number of aromatic nitrogens is 4. The van der Waals surface area contributed by atoms with E-state index in [0.717, 1.165) is 17.2 Å². The van der Waals surface area contributed by atoms with E-state index >= 15 is 0 Å². The topological polar surface area (TPSA) is 98.7 Å². The van der Waals surface area contributed by atoms with Crippen LogP contribution in [0.15, 0.2) is 12.4 Å². The molecule has 0 saturated carbocycles. The molecule has 2 aromatic heterocycles. The van der Waals surface area contributed by atoms with Crippen molar-refractivity contribution in [2.24, 2.45) is 7.05 Å². The summed E-state index contributed by atoms with van der Waals surface area (Å²) in [6, 6.07) is 0. The van der Waals surface area contributed by atoms with Crippen molar-refractivity contribution in [3.63, 3.8) is 0 Å². The van der Waals surface area contributed by atoms with Gasteiger partial charge in [-0.2, -0.15) is 0 Å². The Morgan fingerprint density at radius 3 is 3.00 bits per heavy atom. The highest BCUT2D eigenvalue weighted by Crippen LogP contribution is 2.10. The van der Waals surface area contributed by atoms with Crippen molar-refractivity contribution in [3.05, 3.63) is 23.2 Å². The first-order chi connectivity index (χ1) is 8.16. The van der Waals surface area contributed by atoms with E-state index in [0.29, 0.717) is 18.1 Å². The minimum Gasteiger partial charge on any atom is -0.374 e. The standard InChI is InChI=1S/C9H12N6OS/c1-15-5-4-11-6(15)2-3-12-7(16)8-13-14-9(10)17-8/h4-5H,2-3H2,1H3,(H2,10,14)(H,12,16). The Morgan fingerprint density at radius 2 is 2.41 bits per heavy atom. The Morgan fingerprint density at radius 1 is 1.59 bits per heavy atom. The molecule has 90 valence electrons. The van der Waals surface area contributed by atoms with E-state index < -0.39 is 0 Å². The molecule has 0 spiro atoms. The summed E-state index contributed by atoms with van der Waals surface area (Å²) in [5.74, 6) is 0.662. The molecule has 2 aromatic rings. The molecular formula is C9H12N6OS. The zero-order valence-electron chi connectivity index (χ0n) is 9.25. The summed E-state index contributed by atoms with van der Waals surface area (Å²) in [5.41, 5.74) is 5.39. The average Bonchev–Trinajstić information content (AvgIpc) is 2.88. The Bertz CT molecular complexity index is 519. The molecule has 0 fully saturated rings. The second kappa shape index (κ2) is 4.91. The number of nitrogens with one attached hydrogen (secondary N) is 1. The van der Waals surface area contributed by atoms with E-state index in [2.05, 4.69) is 20.5 Å². The van der Waals surface area contributed by atoms with Gasteiger partial charge in [-0.3, -0.25) is 4.79 Å². The van der Waals surface area contributed by atoms with Gasteiger partial charge in [0.15, 0.2) is 0 Å². The van der Waals surface area contributed by atoms with Crippen LogP contribution in [0.5, 0.6) is 0 Å². The molecular weight excluding hydrogens is 240 g/mol. The maximum atomic E-state index is 11.6. The van der Waals surface area contributed by atoms with Crippen LogP contribution in [-0.4, -0.2) is 32.2 Å². The van der Waals surface area contributed by atoms with Crippen molar-refractivity contribution in [3.8, 4) is 0 Å². The van der Waals surface area contributed by atoms with Crippen LogP contribution < -0.4 is 11.1 Å². The van der Waals surface area contributed by atoms with Crippen molar-refractivity contribution in [1.29, 1.82) is 0 Å². The lowest BCUT2D eigenvalue weighted by Gasteiger charge is -2.02. The van der Waals surface area contributed by atoms with Gasteiger partial charge in [-0.25, -0.2) is 4.98 Å². The smallest absolute Gasteiger partial charge is 0.282 e. The van der Waals surface area contributed by atoms with Gasteiger partial charge in [-0.15, -0.1) is 10.2 Å². The van der Waals surface area contributed by atoms with Crippen LogP contribution in [0.25, 0.3) is 0 Å². The van der Waals surface area contributed by atoms with Crippen LogP contribution in [0.1, 0.15) is 15.6 Å². The minimum atomic E-state index is -0.256. The number of hydrogen-bond acceptors (Lipinski definition) is 6. The van der Waals surface area contributed by atoms with E-state index in [1.54, 1.807) is 6.20 Å². The Hall–Kier alpha value is -1.96. The number of nitrogens with two attached hydrogens (primary N) is 1. The number of hydrogen-bond donors (Lipinski definition) is 2. The number of aryl methyl sites for hydroxylation is 1. The monoisotopic (exact) mass is 252 g/mol. The van der Waals surface area contributed by atoms with Gasteiger partial charge in [0.2, 0.25) is 10.1 Å². The summed E-state index contributed by atoms with van der Waals surface area (Å²) in [5, 5.41) is 10.5. The molecule has 0 atom stereocenters. The molecule has 0 bridgehead atoms. The predicted octanol–water partition coefficient (Wildman–Crippen LogP) is -0.174. The Labute approximate surface area is 102 Å². The van der Waals surface area contributed by atoms with Crippen LogP contribution in [0, 0.1) is 0 Å². The van der Waals surface area contributed by atoms with E-state index in [4.69, 9.17) is 5.73 Å². The fraction of sp³-hybridized carbons (Fsp3) is 0.333. The van der Waals surface area contributed by atoms with E-state index in [1.165, 1.54) is 0 Å². The van der Waals surface area contributed by atoms with E-state index in [9.17, 15) is 4.79 Å². The minimum absolute atomic E-state index is 0.256. The lowest BCUT2D eigenvalue weighted by molar-refractivity contribution is 0.0953. The number of carbonyl (C=O) groups is 1. The summed E-state index contributed by atoms with van der Waals surface area (Å²) in [7, 11) is 1.91. The molecule has 0 aliphatic rings. The first kappa shape index (κ1) is 11.5. The van der Waals surface area contributed by atoms with Crippen LogP contribution in [0.3, 0.4) is 0 Å². The van der Waals surface area contributed by atoms with Gasteiger partial charge >= 0.3 is 0 Å². The SMILES string of the molecule is Cn1ccnc1CCNC(=O)c1nnc(N)s1. The van der Waals surface area contributed by atoms with Crippen molar-refractivity contribution in [2.45, 2.75) is 6.42 Å². The zero-order chi connectivity index (χ0) is 12.3. The maximum Gasteiger partial charge on any atom is 0.282 e. The molecule has 3 N–H and O–H groups in total. The second-order valence-electron chi connectivity index (χ2n) is 3.41. The Balaban J connectivity index is 1.83. The largest absolute Gasteiger partial charge is 0.374 e. The van der Waals surface area contributed by atoms with Crippen LogP contribution in [0.4, 0.5) is 5.13 Å². The summed E-state index contributed by atoms with van der Waals surface area (Å²) >= 11 is 1.07. The second-order valence-corrected chi connectivity index (χ2v) is 4.41. The summed E-state index contributed by atoms with van der Waals surface area (Å²) in [6.07, 6.45) is 4.26. The third-order valence-corrected chi connectivity index (χ3v) is 2.94. The summed E-state index contributed by atoms with van der Waals surface area (Å²) in [4.78, 5) is 15.7. The summed E-state index contributed by atoms with van der Waals surface area (Å²) < 4.78 is 1.91. The number of amides is 1. The molecule has 1 amide bonds. The molecule has 0 aliphatic carbocycles. The van der Waals surface area contributed by atoms with Gasteiger partial charge in [0.05, 0.1) is 0 Å². The van der Waals surface area contributed by atoms with E-state index in [1.807, 2.05) is 17.8 Å². The normalized spacial score (nSPS) is 10.4. The number of carbonyl (C=O) groups excluding carboxylic acids is 1. The molecule has 0 aromatic carbocycles. The predicted molar refractivity (Wildman–Crippen MR) is 63.6 cm³/mol. The number of anilines is 1. The fourth-order valence-electron chi connectivity index (χ4n) is 1.33. The van der Waals surface area contributed by atoms with Gasteiger partial charge in [0, 0.05) is 32.4 Å². The Kier molecular flexibility index (Phi) is 3.33. The quantitative estimate of drug-likeness (QED) is 0.787. The molecule has 0 saturated heterocycles. The van der Waals surface area contributed by atoms with Crippen molar-refractivity contribution in [1.82, 2.24) is 25.1 Å². The summed E-state index contributed by atoms with van der Waals surface area (Å²) in [6.45, 7) is 0.503. The van der Waals surface area contributed by atoms with Gasteiger partial charge in [-0.05, 0) is 0 Å². The van der Waals surface area contributed by atoms with Crippen molar-refractivity contribution < 1.29 is 4.79 Å². The fourth-order valence-corrected chi connectivity index (χ4v) is 1.85. The molecule has 0 aliphatic heterocycles. The first-order valence-electron chi connectivity index (χ1n) is 5.00. The number of nitrogens with zero attached hydrogens (tertiary/aromatic N) is 4. The third-order valence-electron chi connectivity index (χ3n) is 2.19. The molecule has 0 radical (unpaired) electrons. The number of nitrogen functional groups attached to an aromatic ring is 1. The van der Waals surface area contributed by atoms with Crippen LogP contribution in [-0.2, 0) is 13.5 Å². The average molecular weight is 252 g/mol. The molecule has 2 heterocycles. The van der Waals surface area contributed by atoms with Gasteiger partial charge in [0.1, 0.15) is 5.82 Å². The number of rotatable bonds is 4. The third kappa shape index (κ3) is 2.78. The lowest BCUT2D eigenvalue weighted by atomic mass is 10.4.